The van der Waals surface area contributed by atoms with Crippen LogP contribution in [0.3, 0.4) is 0 Å². The molecule has 3 nitrogen and oxygen atoms in total. The normalized spacial score (nSPS) is 12.1. The maximum Gasteiger partial charge on any atom is 0.418 e. The standard InChI is InChI=1S/C12H11F3N2O/c1-17-6-9(12(13,14)15)10-7(5-16)3-2-4-8(10)11(17)18/h2-4,6H,5,16H2,1H3. The van der Waals surface area contributed by atoms with Gasteiger partial charge in [-0.1, -0.05) is 12.1 Å². The third-order valence-electron chi connectivity index (χ3n) is 2.82. The first kappa shape index (κ1) is 12.6. The summed E-state index contributed by atoms with van der Waals surface area (Å²) in [6.45, 7) is -0.0480. The molecular formula is C12H11F3N2O. The molecule has 0 amide bonds. The van der Waals surface area contributed by atoms with Crippen molar-refractivity contribution >= 4 is 10.8 Å². The lowest BCUT2D eigenvalue weighted by molar-refractivity contribution is -0.136. The smallest absolute Gasteiger partial charge is 0.326 e. The Morgan fingerprint density at radius 2 is 2.00 bits per heavy atom. The number of hydrogen-bond donors (Lipinski definition) is 1. The molecule has 0 fully saturated rings. The van der Waals surface area contributed by atoms with Crippen molar-refractivity contribution in [3.63, 3.8) is 0 Å². The van der Waals surface area contributed by atoms with Gasteiger partial charge in [0.25, 0.3) is 5.56 Å². The Bertz CT molecular complexity index is 659. The molecule has 0 aliphatic heterocycles. The van der Waals surface area contributed by atoms with Crippen LogP contribution in [0.1, 0.15) is 11.1 Å². The molecule has 0 radical (unpaired) electrons. The summed E-state index contributed by atoms with van der Waals surface area (Å²) in [5.41, 5.74) is 4.46. The van der Waals surface area contributed by atoms with Gasteiger partial charge in [-0.2, -0.15) is 13.2 Å². The molecule has 0 spiro atoms. The van der Waals surface area contributed by atoms with Crippen molar-refractivity contribution in [1.82, 2.24) is 4.57 Å². The van der Waals surface area contributed by atoms with E-state index >= 15 is 0 Å². The summed E-state index contributed by atoms with van der Waals surface area (Å²) in [4.78, 5) is 11.8. The van der Waals surface area contributed by atoms with Crippen molar-refractivity contribution in [3.05, 3.63) is 45.9 Å². The van der Waals surface area contributed by atoms with Gasteiger partial charge in [0, 0.05) is 30.6 Å². The van der Waals surface area contributed by atoms with Crippen LogP contribution < -0.4 is 11.3 Å². The topological polar surface area (TPSA) is 48.0 Å². The van der Waals surface area contributed by atoms with Gasteiger partial charge in [0.05, 0.1) is 5.56 Å². The van der Waals surface area contributed by atoms with Gasteiger partial charge in [0.15, 0.2) is 0 Å². The minimum atomic E-state index is -4.52. The number of pyridine rings is 1. The lowest BCUT2D eigenvalue weighted by Crippen LogP contribution is -2.21. The highest BCUT2D eigenvalue weighted by Gasteiger charge is 2.34. The third-order valence-corrected chi connectivity index (χ3v) is 2.82. The zero-order chi connectivity index (χ0) is 13.5. The fourth-order valence-corrected chi connectivity index (χ4v) is 1.99. The van der Waals surface area contributed by atoms with Crippen LogP contribution in [0.2, 0.25) is 0 Å². The number of aromatic nitrogens is 1. The quantitative estimate of drug-likeness (QED) is 0.848. The van der Waals surface area contributed by atoms with Crippen molar-refractivity contribution in [2.45, 2.75) is 12.7 Å². The van der Waals surface area contributed by atoms with Crippen molar-refractivity contribution in [1.29, 1.82) is 0 Å². The zero-order valence-electron chi connectivity index (χ0n) is 9.58. The van der Waals surface area contributed by atoms with Crippen LogP contribution in [0.5, 0.6) is 0 Å². The molecule has 0 aliphatic rings. The van der Waals surface area contributed by atoms with E-state index in [4.69, 9.17) is 5.73 Å². The number of benzene rings is 1. The van der Waals surface area contributed by atoms with Gasteiger partial charge in [0.1, 0.15) is 0 Å². The number of fused-ring (bicyclic) bond motifs is 1. The van der Waals surface area contributed by atoms with Gasteiger partial charge in [-0.15, -0.1) is 0 Å². The first-order chi connectivity index (χ1) is 8.36. The van der Waals surface area contributed by atoms with E-state index < -0.39 is 17.3 Å². The number of nitrogens with two attached hydrogens (primary N) is 1. The van der Waals surface area contributed by atoms with E-state index in [0.717, 1.165) is 10.8 Å². The Labute approximate surface area is 101 Å². The Kier molecular flexibility index (Phi) is 2.90. The summed E-state index contributed by atoms with van der Waals surface area (Å²) in [6, 6.07) is 4.41. The molecule has 0 aliphatic carbocycles. The lowest BCUT2D eigenvalue weighted by atomic mass is 10.0. The highest BCUT2D eigenvalue weighted by atomic mass is 19.4. The van der Waals surface area contributed by atoms with E-state index in [1.165, 1.54) is 25.2 Å². The molecule has 0 unspecified atom stereocenters. The van der Waals surface area contributed by atoms with E-state index in [0.29, 0.717) is 5.56 Å². The van der Waals surface area contributed by atoms with Crippen LogP contribution in [0.4, 0.5) is 13.2 Å². The summed E-state index contributed by atoms with van der Waals surface area (Å²) in [5, 5.41) is -0.0640. The van der Waals surface area contributed by atoms with Crippen LogP contribution in [0.15, 0.2) is 29.2 Å². The summed E-state index contributed by atoms with van der Waals surface area (Å²) in [6.07, 6.45) is -3.71. The Balaban J connectivity index is 3.03. The molecule has 0 bridgehead atoms. The summed E-state index contributed by atoms with van der Waals surface area (Å²) < 4.78 is 39.9. The largest absolute Gasteiger partial charge is 0.418 e. The Hall–Kier alpha value is -1.82. The second-order valence-electron chi connectivity index (χ2n) is 4.00. The number of nitrogens with zero attached hydrogens (tertiary/aromatic N) is 1. The minimum absolute atomic E-state index is 0.0373. The average molecular weight is 256 g/mol. The molecule has 2 N–H and O–H groups in total. The maximum atomic E-state index is 13.0. The molecule has 96 valence electrons. The highest BCUT2D eigenvalue weighted by Crippen LogP contribution is 2.34. The van der Waals surface area contributed by atoms with Crippen molar-refractivity contribution in [3.8, 4) is 0 Å². The SMILES string of the molecule is Cn1cc(C(F)(F)F)c2c(CN)cccc2c1=O. The maximum absolute atomic E-state index is 13.0. The first-order valence-electron chi connectivity index (χ1n) is 5.24. The van der Waals surface area contributed by atoms with Gasteiger partial charge >= 0.3 is 6.18 Å². The molecule has 6 heteroatoms. The van der Waals surface area contributed by atoms with Crippen molar-refractivity contribution in [2.75, 3.05) is 0 Å². The molecule has 2 aromatic rings. The van der Waals surface area contributed by atoms with Crippen molar-refractivity contribution < 1.29 is 13.2 Å². The van der Waals surface area contributed by atoms with Crippen LogP contribution in [-0.4, -0.2) is 4.57 Å². The Morgan fingerprint density at radius 1 is 1.33 bits per heavy atom. The molecule has 0 saturated heterocycles. The van der Waals surface area contributed by atoms with Gasteiger partial charge in [-0.3, -0.25) is 4.79 Å². The van der Waals surface area contributed by atoms with E-state index in [1.807, 2.05) is 0 Å². The molecule has 2 rings (SSSR count). The summed E-state index contributed by atoms with van der Waals surface area (Å²) >= 11 is 0. The number of rotatable bonds is 1. The minimum Gasteiger partial charge on any atom is -0.326 e. The first-order valence-corrected chi connectivity index (χ1v) is 5.24. The molecule has 1 aromatic carbocycles. The predicted octanol–water partition coefficient (Wildman–Crippen LogP) is 2.02. The second kappa shape index (κ2) is 4.13. The number of hydrogen-bond acceptors (Lipinski definition) is 2. The van der Waals surface area contributed by atoms with Crippen molar-refractivity contribution in [2.24, 2.45) is 12.8 Å². The number of aryl methyl sites for hydroxylation is 1. The third kappa shape index (κ3) is 1.88. The number of alkyl halides is 3. The van der Waals surface area contributed by atoms with E-state index in [-0.39, 0.29) is 17.3 Å². The summed E-state index contributed by atoms with van der Waals surface area (Å²) in [5.74, 6) is 0. The van der Waals surface area contributed by atoms with Gasteiger partial charge < -0.3 is 10.3 Å². The van der Waals surface area contributed by atoms with Crippen LogP contribution >= 0.6 is 0 Å². The second-order valence-corrected chi connectivity index (χ2v) is 4.00. The predicted molar refractivity (Wildman–Crippen MR) is 62.1 cm³/mol. The molecule has 1 aromatic heterocycles. The van der Waals surface area contributed by atoms with Gasteiger partial charge in [-0.25, -0.2) is 0 Å². The molecule has 1 heterocycles. The van der Waals surface area contributed by atoms with Gasteiger partial charge in [0.2, 0.25) is 0 Å². The lowest BCUT2D eigenvalue weighted by Gasteiger charge is -2.14. The molecule has 18 heavy (non-hydrogen) atoms. The molecular weight excluding hydrogens is 245 g/mol. The summed E-state index contributed by atoms with van der Waals surface area (Å²) in [7, 11) is 1.30. The van der Waals surface area contributed by atoms with Crippen LogP contribution in [0.25, 0.3) is 10.8 Å². The molecule has 0 atom stereocenters. The zero-order valence-corrected chi connectivity index (χ0v) is 9.58. The van der Waals surface area contributed by atoms with Gasteiger partial charge in [-0.05, 0) is 11.6 Å². The monoisotopic (exact) mass is 256 g/mol. The molecule has 0 saturated carbocycles. The number of halogens is 3. The van der Waals surface area contributed by atoms with E-state index in [1.54, 1.807) is 0 Å². The van der Waals surface area contributed by atoms with Crippen LogP contribution in [0, 0.1) is 0 Å². The fraction of sp³-hybridized carbons (Fsp3) is 0.250. The highest BCUT2D eigenvalue weighted by molar-refractivity contribution is 5.88. The fourth-order valence-electron chi connectivity index (χ4n) is 1.99. The average Bonchev–Trinajstić information content (AvgIpc) is 2.31. The van der Waals surface area contributed by atoms with E-state index in [9.17, 15) is 18.0 Å². The Morgan fingerprint density at radius 3 is 2.56 bits per heavy atom. The van der Waals surface area contributed by atoms with Crippen LogP contribution in [-0.2, 0) is 19.8 Å². The van der Waals surface area contributed by atoms with E-state index in [2.05, 4.69) is 0 Å².